The second kappa shape index (κ2) is 5.84. The molecule has 0 spiro atoms. The quantitative estimate of drug-likeness (QED) is 0.656. The number of aliphatic imine (C=N–C) groups is 1. The Labute approximate surface area is 115 Å². The van der Waals surface area contributed by atoms with Gasteiger partial charge in [-0.05, 0) is 30.5 Å². The van der Waals surface area contributed by atoms with Crippen LogP contribution in [0.15, 0.2) is 23.2 Å². The Balaban J connectivity index is 2.24. The summed E-state index contributed by atoms with van der Waals surface area (Å²) in [6, 6.07) is 5.19. The number of hydrogen-bond acceptors (Lipinski definition) is 4. The maximum atomic E-state index is 11.5. The Morgan fingerprint density at radius 1 is 1.58 bits per heavy atom. The molecule has 1 aliphatic rings. The molecular weight excluding hydrogens is 266 g/mol. The highest BCUT2D eigenvalue weighted by atomic mass is 35.5. The van der Waals surface area contributed by atoms with Crippen molar-refractivity contribution in [2.24, 2.45) is 10.9 Å². The van der Waals surface area contributed by atoms with E-state index in [9.17, 15) is 4.79 Å². The molecule has 0 aliphatic heterocycles. The van der Waals surface area contributed by atoms with Gasteiger partial charge >= 0.3 is 6.09 Å². The maximum absolute atomic E-state index is 11.5. The van der Waals surface area contributed by atoms with E-state index in [1.807, 2.05) is 0 Å². The van der Waals surface area contributed by atoms with Crippen molar-refractivity contribution in [3.05, 3.63) is 28.8 Å². The van der Waals surface area contributed by atoms with Crippen molar-refractivity contribution < 1.29 is 9.53 Å². The molecule has 1 aromatic carbocycles. The van der Waals surface area contributed by atoms with Gasteiger partial charge in [0.2, 0.25) is 0 Å². The fourth-order valence-corrected chi connectivity index (χ4v) is 1.81. The lowest BCUT2D eigenvalue weighted by atomic mass is 10.1. The molecule has 1 saturated carbocycles. The Morgan fingerprint density at radius 3 is 2.89 bits per heavy atom. The minimum Gasteiger partial charge on any atom is -0.442 e. The molecule has 0 unspecified atom stereocenters. The molecule has 6 heteroatoms. The molecule has 0 saturated heterocycles. The minimum atomic E-state index is -0.682. The third-order valence-corrected chi connectivity index (χ3v) is 3.10. The third-order valence-electron chi connectivity index (χ3n) is 2.76. The lowest BCUT2D eigenvalue weighted by molar-refractivity contribution is 0.174. The molecule has 0 atom stereocenters. The van der Waals surface area contributed by atoms with E-state index in [0.717, 1.165) is 24.6 Å². The molecule has 5 nitrogen and oxygen atoms in total. The number of nitrogens with two attached hydrogens (primary N) is 1. The summed E-state index contributed by atoms with van der Waals surface area (Å²) in [6.07, 6.45) is 2.32. The standard InChI is InChI=1S/C13H14ClN3O2/c14-10-4-3-9(7-11(10)16)12(8-1-2-8)17-13(18)19-6-5-15/h3-5,7-8,15H,1-2,6,16H2. The summed E-state index contributed by atoms with van der Waals surface area (Å²) in [4.78, 5) is 15.5. The van der Waals surface area contributed by atoms with Crippen LogP contribution in [0, 0.1) is 11.3 Å². The largest absolute Gasteiger partial charge is 0.442 e. The highest BCUT2D eigenvalue weighted by molar-refractivity contribution is 6.33. The van der Waals surface area contributed by atoms with Gasteiger partial charge in [-0.25, -0.2) is 4.79 Å². The molecule has 1 aromatic rings. The van der Waals surface area contributed by atoms with Crippen molar-refractivity contribution in [3.63, 3.8) is 0 Å². The van der Waals surface area contributed by atoms with Gasteiger partial charge in [-0.3, -0.25) is 0 Å². The number of amides is 1. The summed E-state index contributed by atoms with van der Waals surface area (Å²) in [5, 5.41) is 7.29. The number of carbonyl (C=O) groups excluding carboxylic acids is 1. The molecule has 2 rings (SSSR count). The number of halogens is 1. The fourth-order valence-electron chi connectivity index (χ4n) is 1.69. The van der Waals surface area contributed by atoms with Crippen LogP contribution in [-0.2, 0) is 4.74 Å². The van der Waals surface area contributed by atoms with Gasteiger partial charge < -0.3 is 15.9 Å². The topological polar surface area (TPSA) is 88.5 Å². The smallest absolute Gasteiger partial charge is 0.434 e. The highest BCUT2D eigenvalue weighted by Crippen LogP contribution is 2.34. The molecule has 0 heterocycles. The first-order chi connectivity index (χ1) is 9.11. The molecular formula is C13H14ClN3O2. The molecule has 0 radical (unpaired) electrons. The normalized spacial score (nSPS) is 15.1. The average Bonchev–Trinajstić information content (AvgIpc) is 3.21. The lowest BCUT2D eigenvalue weighted by Gasteiger charge is -2.07. The van der Waals surface area contributed by atoms with Gasteiger partial charge in [0.15, 0.2) is 0 Å². The number of hydrogen-bond donors (Lipinski definition) is 2. The van der Waals surface area contributed by atoms with Gasteiger partial charge in [0.1, 0.15) is 6.61 Å². The van der Waals surface area contributed by atoms with Gasteiger partial charge in [-0.15, -0.1) is 0 Å². The summed E-state index contributed by atoms with van der Waals surface area (Å²) in [5.41, 5.74) is 7.68. The summed E-state index contributed by atoms with van der Waals surface area (Å²) in [5.74, 6) is 0.271. The van der Waals surface area contributed by atoms with E-state index in [2.05, 4.69) is 4.99 Å². The van der Waals surface area contributed by atoms with Crippen LogP contribution in [0.3, 0.4) is 0 Å². The molecule has 1 amide bonds. The van der Waals surface area contributed by atoms with Gasteiger partial charge in [-0.2, -0.15) is 4.99 Å². The Kier molecular flexibility index (Phi) is 4.16. The van der Waals surface area contributed by atoms with E-state index in [0.29, 0.717) is 16.4 Å². The zero-order valence-corrected chi connectivity index (χ0v) is 11.0. The average molecular weight is 280 g/mol. The molecule has 1 fully saturated rings. The molecule has 100 valence electrons. The maximum Gasteiger partial charge on any atom is 0.434 e. The van der Waals surface area contributed by atoms with Crippen molar-refractivity contribution >= 4 is 35.3 Å². The first kappa shape index (κ1) is 13.5. The monoisotopic (exact) mass is 279 g/mol. The number of ether oxygens (including phenoxy) is 1. The van der Waals surface area contributed by atoms with Crippen LogP contribution >= 0.6 is 11.6 Å². The molecule has 3 N–H and O–H groups in total. The van der Waals surface area contributed by atoms with Gasteiger partial charge in [0.05, 0.1) is 16.4 Å². The zero-order chi connectivity index (χ0) is 13.8. The Hall–Kier alpha value is -1.88. The van der Waals surface area contributed by atoms with E-state index >= 15 is 0 Å². The van der Waals surface area contributed by atoms with Gasteiger partial charge in [-0.1, -0.05) is 17.7 Å². The molecule has 0 bridgehead atoms. The first-order valence-corrected chi connectivity index (χ1v) is 6.29. The van der Waals surface area contributed by atoms with Crippen LogP contribution in [-0.4, -0.2) is 24.6 Å². The first-order valence-electron chi connectivity index (χ1n) is 5.91. The molecule has 0 aromatic heterocycles. The second-order valence-electron chi connectivity index (χ2n) is 4.29. The Bertz CT molecular complexity index is 539. The number of rotatable bonds is 4. The van der Waals surface area contributed by atoms with Crippen LogP contribution in [0.25, 0.3) is 0 Å². The molecule has 19 heavy (non-hydrogen) atoms. The number of nitrogen functional groups attached to an aromatic ring is 1. The molecule has 1 aliphatic carbocycles. The van der Waals surface area contributed by atoms with Crippen molar-refractivity contribution in [1.82, 2.24) is 0 Å². The van der Waals surface area contributed by atoms with Crippen LogP contribution in [0.4, 0.5) is 10.5 Å². The van der Waals surface area contributed by atoms with Gasteiger partial charge in [0, 0.05) is 12.1 Å². The van der Waals surface area contributed by atoms with E-state index in [4.69, 9.17) is 27.5 Å². The van der Waals surface area contributed by atoms with Gasteiger partial charge in [0.25, 0.3) is 0 Å². The predicted molar refractivity (Wildman–Crippen MR) is 75.3 cm³/mol. The number of anilines is 1. The summed E-state index contributed by atoms with van der Waals surface area (Å²) < 4.78 is 4.75. The van der Waals surface area contributed by atoms with Crippen molar-refractivity contribution in [1.29, 1.82) is 5.41 Å². The number of nitrogens with one attached hydrogen (secondary N) is 1. The summed E-state index contributed by atoms with van der Waals surface area (Å²) >= 11 is 5.87. The number of nitrogens with zero attached hydrogens (tertiary/aromatic N) is 1. The lowest BCUT2D eigenvalue weighted by Crippen LogP contribution is -2.10. The van der Waals surface area contributed by atoms with Crippen molar-refractivity contribution in [2.45, 2.75) is 12.8 Å². The van der Waals surface area contributed by atoms with Crippen LogP contribution in [0.2, 0.25) is 5.02 Å². The van der Waals surface area contributed by atoms with E-state index in [1.54, 1.807) is 18.2 Å². The van der Waals surface area contributed by atoms with E-state index in [-0.39, 0.29) is 12.5 Å². The Morgan fingerprint density at radius 2 is 2.32 bits per heavy atom. The SMILES string of the molecule is N=CCOC(=O)N=C(c1ccc(Cl)c(N)c1)C1CC1. The highest BCUT2D eigenvalue weighted by Gasteiger charge is 2.29. The zero-order valence-electron chi connectivity index (χ0n) is 10.2. The van der Waals surface area contributed by atoms with E-state index < -0.39 is 6.09 Å². The fraction of sp³-hybridized carbons (Fsp3) is 0.308. The summed E-state index contributed by atoms with van der Waals surface area (Å²) in [7, 11) is 0. The van der Waals surface area contributed by atoms with Crippen LogP contribution in [0.1, 0.15) is 18.4 Å². The third kappa shape index (κ3) is 3.54. The minimum absolute atomic E-state index is 0.0664. The second-order valence-corrected chi connectivity index (χ2v) is 4.70. The van der Waals surface area contributed by atoms with E-state index in [1.165, 1.54) is 0 Å². The number of benzene rings is 1. The predicted octanol–water partition coefficient (Wildman–Crippen LogP) is 2.91. The number of carbonyl (C=O) groups is 1. The summed E-state index contributed by atoms with van der Waals surface area (Å²) in [6.45, 7) is -0.0664. The van der Waals surface area contributed by atoms with Crippen molar-refractivity contribution in [2.75, 3.05) is 12.3 Å². The van der Waals surface area contributed by atoms with Crippen LogP contribution < -0.4 is 5.73 Å². The van der Waals surface area contributed by atoms with Crippen LogP contribution in [0.5, 0.6) is 0 Å². The van der Waals surface area contributed by atoms with Crippen molar-refractivity contribution in [3.8, 4) is 0 Å².